The minimum Gasteiger partial charge on any atom is -0.456 e. The van der Waals surface area contributed by atoms with Crippen molar-refractivity contribution in [2.24, 2.45) is 0 Å². The van der Waals surface area contributed by atoms with Crippen LogP contribution < -0.4 is 4.90 Å². The molecule has 0 N–H and O–H groups in total. The number of rotatable bonds is 3. The number of benzene rings is 5. The minimum absolute atomic E-state index is 0.905. The Labute approximate surface area is 258 Å². The fraction of sp³-hybridized carbons (Fsp3) is 0. The Hall–Kier alpha value is -6.20. The third kappa shape index (κ3) is 3.49. The number of anilines is 3. The second-order valence-corrected chi connectivity index (χ2v) is 11.5. The van der Waals surface area contributed by atoms with Crippen LogP contribution in [0.25, 0.3) is 71.7 Å². The maximum absolute atomic E-state index is 6.34. The lowest BCUT2D eigenvalue weighted by Gasteiger charge is -2.33. The summed E-state index contributed by atoms with van der Waals surface area (Å²) >= 11 is 0. The van der Waals surface area contributed by atoms with Gasteiger partial charge in [-0.2, -0.15) is 0 Å². The average molecular weight is 577 g/mol. The van der Waals surface area contributed by atoms with Crippen molar-refractivity contribution >= 4 is 60.8 Å². The minimum atomic E-state index is 0.905. The number of hydrogen-bond acceptors (Lipinski definition) is 4. The van der Waals surface area contributed by atoms with Gasteiger partial charge in [-0.1, -0.05) is 54.6 Å². The average Bonchev–Trinajstić information content (AvgIpc) is 3.64. The van der Waals surface area contributed by atoms with Crippen LogP contribution in [0.1, 0.15) is 0 Å². The zero-order chi connectivity index (χ0) is 29.5. The van der Waals surface area contributed by atoms with Gasteiger partial charge in [-0.15, -0.1) is 0 Å². The molecule has 0 fully saturated rings. The van der Waals surface area contributed by atoms with Gasteiger partial charge in [-0.05, 0) is 77.9 Å². The smallest absolute Gasteiger partial charge is 0.136 e. The standard InChI is InChI=1S/C40H24N4O/c1-4-15-38-30(10-1)33-21-37-32(22-39(33)45-38)31-11-5-14-36-40(31)44(37)35-13-3-2-12-34(35)43(36)29-19-27(25-8-6-16-41-23-25)18-28(20-29)26-9-7-17-42-24-26/h1-24H. The third-order valence-corrected chi connectivity index (χ3v) is 9.03. The summed E-state index contributed by atoms with van der Waals surface area (Å²) in [5, 5.41) is 4.63. The lowest BCUT2D eigenvalue weighted by Crippen LogP contribution is -2.18. The lowest BCUT2D eigenvalue weighted by molar-refractivity contribution is 0.669. The summed E-state index contributed by atoms with van der Waals surface area (Å²) in [7, 11) is 0. The summed E-state index contributed by atoms with van der Waals surface area (Å²) in [5.41, 5.74) is 13.0. The van der Waals surface area contributed by atoms with Crippen LogP contribution in [0.5, 0.6) is 0 Å². The highest BCUT2D eigenvalue weighted by Crippen LogP contribution is 2.51. The van der Waals surface area contributed by atoms with Crippen LogP contribution in [0.15, 0.2) is 151 Å². The monoisotopic (exact) mass is 576 g/mol. The van der Waals surface area contributed by atoms with Crippen molar-refractivity contribution in [2.75, 3.05) is 4.90 Å². The van der Waals surface area contributed by atoms with Gasteiger partial charge in [0.05, 0.1) is 28.1 Å². The first-order chi connectivity index (χ1) is 22.3. The van der Waals surface area contributed by atoms with E-state index in [-0.39, 0.29) is 0 Å². The molecule has 5 nitrogen and oxygen atoms in total. The van der Waals surface area contributed by atoms with Crippen molar-refractivity contribution in [3.05, 3.63) is 146 Å². The van der Waals surface area contributed by atoms with E-state index in [0.717, 1.165) is 66.9 Å². The number of aromatic nitrogens is 3. The molecule has 5 heteroatoms. The predicted molar refractivity (Wildman–Crippen MR) is 183 cm³/mol. The Balaban J connectivity index is 1.29. The molecular formula is C40H24N4O. The van der Waals surface area contributed by atoms with Gasteiger partial charge in [0.2, 0.25) is 0 Å². The Morgan fingerprint density at radius 1 is 0.467 bits per heavy atom. The highest BCUT2D eigenvalue weighted by molar-refractivity contribution is 6.21. The Morgan fingerprint density at radius 3 is 1.91 bits per heavy atom. The molecule has 1 aliphatic rings. The van der Waals surface area contributed by atoms with Gasteiger partial charge in [-0.3, -0.25) is 9.97 Å². The molecule has 0 aliphatic carbocycles. The Kier molecular flexibility index (Phi) is 4.93. The molecule has 10 rings (SSSR count). The molecule has 1 aliphatic heterocycles. The van der Waals surface area contributed by atoms with Crippen molar-refractivity contribution in [2.45, 2.75) is 0 Å². The SMILES string of the molecule is c1cncc(-c2cc(-c3cccnc3)cc(N3c4ccccc4-n4c5cc6c(cc5c5cccc3c54)oc3ccccc36)c2)c1. The number of nitrogens with zero attached hydrogens (tertiary/aromatic N) is 4. The molecule has 0 bridgehead atoms. The van der Waals surface area contributed by atoms with Crippen LogP contribution in [-0.4, -0.2) is 14.5 Å². The van der Waals surface area contributed by atoms with Crippen LogP contribution in [0.2, 0.25) is 0 Å². The maximum atomic E-state index is 6.34. The topological polar surface area (TPSA) is 47.1 Å². The molecule has 5 heterocycles. The predicted octanol–water partition coefficient (Wildman–Crippen LogP) is 10.6. The van der Waals surface area contributed by atoms with Crippen LogP contribution in [-0.2, 0) is 0 Å². The number of para-hydroxylation sites is 4. The summed E-state index contributed by atoms with van der Waals surface area (Å²) in [6, 6.07) is 43.1. The first-order valence-electron chi connectivity index (χ1n) is 15.1. The number of hydrogen-bond donors (Lipinski definition) is 0. The van der Waals surface area contributed by atoms with Crippen LogP contribution in [0.3, 0.4) is 0 Å². The van der Waals surface area contributed by atoms with Gasteiger partial charge in [0.25, 0.3) is 0 Å². The van der Waals surface area contributed by atoms with E-state index in [1.54, 1.807) is 0 Å². The van der Waals surface area contributed by atoms with E-state index in [1.807, 2.05) is 49.1 Å². The molecule has 0 saturated heterocycles. The molecule has 210 valence electrons. The number of furan rings is 1. The fourth-order valence-electron chi connectivity index (χ4n) is 7.09. The van der Waals surface area contributed by atoms with Crippen LogP contribution in [0.4, 0.5) is 17.1 Å². The largest absolute Gasteiger partial charge is 0.456 e. The maximum Gasteiger partial charge on any atom is 0.136 e. The number of pyridine rings is 2. The highest BCUT2D eigenvalue weighted by atomic mass is 16.3. The molecule has 0 saturated carbocycles. The fourth-order valence-corrected chi connectivity index (χ4v) is 7.09. The van der Waals surface area contributed by atoms with Crippen molar-refractivity contribution in [1.82, 2.24) is 14.5 Å². The summed E-state index contributed by atoms with van der Waals surface area (Å²) in [4.78, 5) is 11.3. The van der Waals surface area contributed by atoms with E-state index in [4.69, 9.17) is 4.42 Å². The summed E-state index contributed by atoms with van der Waals surface area (Å²) in [6.07, 6.45) is 7.48. The second kappa shape index (κ2) is 9.15. The molecule has 9 aromatic rings. The molecule has 0 unspecified atom stereocenters. The summed E-state index contributed by atoms with van der Waals surface area (Å²) < 4.78 is 8.77. The van der Waals surface area contributed by atoms with E-state index >= 15 is 0 Å². The van der Waals surface area contributed by atoms with Gasteiger partial charge in [0.15, 0.2) is 0 Å². The second-order valence-electron chi connectivity index (χ2n) is 11.5. The van der Waals surface area contributed by atoms with E-state index in [1.165, 1.54) is 21.8 Å². The van der Waals surface area contributed by atoms with Crippen LogP contribution in [0, 0.1) is 0 Å². The molecule has 0 amide bonds. The summed E-state index contributed by atoms with van der Waals surface area (Å²) in [6.45, 7) is 0. The first kappa shape index (κ1) is 24.3. The van der Waals surface area contributed by atoms with Crippen molar-refractivity contribution in [3.8, 4) is 27.9 Å². The third-order valence-electron chi connectivity index (χ3n) is 9.03. The quantitative estimate of drug-likeness (QED) is 0.210. The van der Waals surface area contributed by atoms with Crippen molar-refractivity contribution < 1.29 is 4.42 Å². The summed E-state index contributed by atoms with van der Waals surface area (Å²) in [5.74, 6) is 0. The van der Waals surface area contributed by atoms with Crippen LogP contribution >= 0.6 is 0 Å². The normalized spacial score (nSPS) is 12.4. The number of fused-ring (bicyclic) bond motifs is 8. The van der Waals surface area contributed by atoms with E-state index in [9.17, 15) is 0 Å². The lowest BCUT2D eigenvalue weighted by atomic mass is 9.98. The van der Waals surface area contributed by atoms with E-state index in [2.05, 4.69) is 116 Å². The van der Waals surface area contributed by atoms with Gasteiger partial charge >= 0.3 is 0 Å². The molecule has 0 spiro atoms. The molecule has 5 aromatic carbocycles. The Morgan fingerprint density at radius 2 is 1.16 bits per heavy atom. The van der Waals surface area contributed by atoms with Gasteiger partial charge in [0, 0.05) is 63.1 Å². The van der Waals surface area contributed by atoms with E-state index < -0.39 is 0 Å². The zero-order valence-electron chi connectivity index (χ0n) is 24.1. The molecule has 0 radical (unpaired) electrons. The highest BCUT2D eigenvalue weighted by Gasteiger charge is 2.29. The van der Waals surface area contributed by atoms with Gasteiger partial charge < -0.3 is 13.9 Å². The zero-order valence-corrected chi connectivity index (χ0v) is 24.1. The molecular weight excluding hydrogens is 552 g/mol. The first-order valence-corrected chi connectivity index (χ1v) is 15.1. The van der Waals surface area contributed by atoms with E-state index in [0.29, 0.717) is 0 Å². The molecule has 0 atom stereocenters. The van der Waals surface area contributed by atoms with Gasteiger partial charge in [0.1, 0.15) is 11.2 Å². The van der Waals surface area contributed by atoms with Crippen molar-refractivity contribution in [3.63, 3.8) is 0 Å². The van der Waals surface area contributed by atoms with Crippen molar-refractivity contribution in [1.29, 1.82) is 0 Å². The van der Waals surface area contributed by atoms with Gasteiger partial charge in [-0.25, -0.2) is 0 Å². The molecule has 4 aromatic heterocycles. The molecule has 45 heavy (non-hydrogen) atoms. The Bertz CT molecular complexity index is 2540.